The van der Waals surface area contributed by atoms with Crippen molar-refractivity contribution in [3.8, 4) is 11.5 Å². The van der Waals surface area contributed by atoms with Crippen molar-refractivity contribution in [3.63, 3.8) is 0 Å². The molecule has 0 aromatic heterocycles. The van der Waals surface area contributed by atoms with Gasteiger partial charge in [0.2, 0.25) is 0 Å². The second-order valence-corrected chi connectivity index (χ2v) is 4.80. The first-order valence-electron chi connectivity index (χ1n) is 5.13. The lowest BCUT2D eigenvalue weighted by atomic mass is 10.1. The summed E-state index contributed by atoms with van der Waals surface area (Å²) in [5.74, 6) is 2.55. The third-order valence-corrected chi connectivity index (χ3v) is 3.59. The number of rotatable bonds is 3. The van der Waals surface area contributed by atoms with E-state index < -0.39 is 0 Å². The predicted molar refractivity (Wildman–Crippen MR) is 67.9 cm³/mol. The van der Waals surface area contributed by atoms with Crippen LogP contribution in [-0.4, -0.2) is 25.0 Å². The zero-order chi connectivity index (χ0) is 11.5. The molecular weight excluding hydrogens is 222 g/mol. The van der Waals surface area contributed by atoms with Gasteiger partial charge in [-0.05, 0) is 24.6 Å². The van der Waals surface area contributed by atoms with Gasteiger partial charge < -0.3 is 9.47 Å². The summed E-state index contributed by atoms with van der Waals surface area (Å²) in [4.78, 5) is 4.57. The molecule has 1 aromatic carbocycles. The first-order valence-corrected chi connectivity index (χ1v) is 6.12. The standard InChI is InChI=1S/C12H15NO2S/c1-8-13-10(7-16-8)9-4-5-11(14-2)12(6-9)15-3/h4-6,10H,7H2,1-3H3. The molecule has 16 heavy (non-hydrogen) atoms. The van der Waals surface area contributed by atoms with Gasteiger partial charge in [-0.3, -0.25) is 4.99 Å². The van der Waals surface area contributed by atoms with Crippen molar-refractivity contribution in [2.75, 3.05) is 20.0 Å². The Balaban J connectivity index is 2.29. The zero-order valence-electron chi connectivity index (χ0n) is 9.69. The van der Waals surface area contributed by atoms with Gasteiger partial charge in [0.1, 0.15) is 0 Å². The van der Waals surface area contributed by atoms with E-state index in [1.54, 1.807) is 26.0 Å². The van der Waals surface area contributed by atoms with Crippen LogP contribution in [0.2, 0.25) is 0 Å². The maximum absolute atomic E-state index is 5.28. The van der Waals surface area contributed by atoms with E-state index in [-0.39, 0.29) is 6.04 Å². The van der Waals surface area contributed by atoms with Crippen molar-refractivity contribution in [1.29, 1.82) is 0 Å². The normalized spacial score (nSPS) is 19.4. The van der Waals surface area contributed by atoms with Crippen LogP contribution in [0.25, 0.3) is 0 Å². The van der Waals surface area contributed by atoms with Gasteiger partial charge in [-0.25, -0.2) is 0 Å². The lowest BCUT2D eigenvalue weighted by Crippen LogP contribution is -1.97. The second-order valence-electron chi connectivity index (χ2n) is 3.59. The highest BCUT2D eigenvalue weighted by molar-refractivity contribution is 8.14. The van der Waals surface area contributed by atoms with Gasteiger partial charge in [0.05, 0.1) is 25.3 Å². The summed E-state index contributed by atoms with van der Waals surface area (Å²) in [6.07, 6.45) is 0. The Morgan fingerprint density at radius 3 is 2.56 bits per heavy atom. The number of benzene rings is 1. The van der Waals surface area contributed by atoms with E-state index in [0.717, 1.165) is 22.3 Å². The second kappa shape index (κ2) is 4.78. The lowest BCUT2D eigenvalue weighted by molar-refractivity contribution is 0.354. The van der Waals surface area contributed by atoms with Crippen LogP contribution in [0.4, 0.5) is 0 Å². The molecule has 1 heterocycles. The molecule has 1 aliphatic rings. The van der Waals surface area contributed by atoms with Crippen LogP contribution in [0, 0.1) is 0 Å². The molecule has 0 aliphatic carbocycles. The fourth-order valence-electron chi connectivity index (χ4n) is 1.72. The molecule has 0 bridgehead atoms. The summed E-state index contributed by atoms with van der Waals surface area (Å²) in [7, 11) is 3.30. The van der Waals surface area contributed by atoms with Gasteiger partial charge in [0, 0.05) is 5.75 Å². The van der Waals surface area contributed by atoms with Crippen LogP contribution in [0.1, 0.15) is 18.5 Å². The summed E-state index contributed by atoms with van der Waals surface area (Å²) >= 11 is 1.80. The number of hydrogen-bond acceptors (Lipinski definition) is 4. The number of ether oxygens (including phenoxy) is 2. The van der Waals surface area contributed by atoms with E-state index in [1.165, 1.54) is 5.56 Å². The summed E-state index contributed by atoms with van der Waals surface area (Å²) in [6, 6.07) is 6.24. The molecule has 1 atom stereocenters. The van der Waals surface area contributed by atoms with E-state index in [2.05, 4.69) is 11.1 Å². The van der Waals surface area contributed by atoms with Gasteiger partial charge in [0.15, 0.2) is 11.5 Å². The SMILES string of the molecule is COc1ccc(C2CSC(C)=N2)cc1OC. The van der Waals surface area contributed by atoms with E-state index in [4.69, 9.17) is 9.47 Å². The van der Waals surface area contributed by atoms with Crippen LogP contribution in [0.5, 0.6) is 11.5 Å². The van der Waals surface area contributed by atoms with Crippen LogP contribution in [-0.2, 0) is 0 Å². The number of thioether (sulfide) groups is 1. The van der Waals surface area contributed by atoms with Crippen molar-refractivity contribution in [1.82, 2.24) is 0 Å². The fourth-order valence-corrected chi connectivity index (χ4v) is 2.59. The largest absolute Gasteiger partial charge is 0.493 e. The maximum atomic E-state index is 5.28. The molecule has 0 spiro atoms. The summed E-state index contributed by atoms with van der Waals surface area (Å²) in [5.41, 5.74) is 1.18. The molecule has 1 unspecified atom stereocenters. The predicted octanol–water partition coefficient (Wildman–Crippen LogP) is 2.91. The number of methoxy groups -OCH3 is 2. The highest BCUT2D eigenvalue weighted by Gasteiger charge is 2.18. The van der Waals surface area contributed by atoms with E-state index in [0.29, 0.717) is 0 Å². The molecule has 2 rings (SSSR count). The Kier molecular flexibility index (Phi) is 3.39. The average Bonchev–Trinajstić information content (AvgIpc) is 2.75. The molecule has 0 saturated carbocycles. The van der Waals surface area contributed by atoms with E-state index in [1.807, 2.05) is 19.1 Å². The molecule has 0 radical (unpaired) electrons. The first-order chi connectivity index (χ1) is 7.74. The minimum Gasteiger partial charge on any atom is -0.493 e. The Labute approximate surface area is 99.9 Å². The summed E-state index contributed by atoms with van der Waals surface area (Å²) in [5, 5.41) is 1.15. The summed E-state index contributed by atoms with van der Waals surface area (Å²) in [6.45, 7) is 2.05. The molecule has 0 N–H and O–H groups in total. The van der Waals surface area contributed by atoms with E-state index in [9.17, 15) is 0 Å². The number of nitrogens with zero attached hydrogens (tertiary/aromatic N) is 1. The maximum Gasteiger partial charge on any atom is 0.161 e. The van der Waals surface area contributed by atoms with E-state index >= 15 is 0 Å². The smallest absolute Gasteiger partial charge is 0.161 e. The highest BCUT2D eigenvalue weighted by Crippen LogP contribution is 2.35. The Morgan fingerprint density at radius 2 is 2.00 bits per heavy atom. The lowest BCUT2D eigenvalue weighted by Gasteiger charge is -2.11. The Morgan fingerprint density at radius 1 is 1.25 bits per heavy atom. The molecular formula is C12H15NO2S. The van der Waals surface area contributed by atoms with Crippen molar-refractivity contribution in [3.05, 3.63) is 23.8 Å². The average molecular weight is 237 g/mol. The molecule has 0 fully saturated rings. The number of hydrogen-bond donors (Lipinski definition) is 0. The minimum absolute atomic E-state index is 0.254. The van der Waals surface area contributed by atoms with Gasteiger partial charge in [0.25, 0.3) is 0 Å². The third kappa shape index (κ3) is 2.16. The van der Waals surface area contributed by atoms with Gasteiger partial charge in [-0.2, -0.15) is 0 Å². The van der Waals surface area contributed by atoms with Crippen molar-refractivity contribution >= 4 is 16.8 Å². The number of aliphatic imine (C=N–C) groups is 1. The minimum atomic E-state index is 0.254. The molecule has 0 amide bonds. The van der Waals surface area contributed by atoms with Crippen molar-refractivity contribution < 1.29 is 9.47 Å². The van der Waals surface area contributed by atoms with Crippen LogP contribution >= 0.6 is 11.8 Å². The molecule has 4 heteroatoms. The molecule has 1 aliphatic heterocycles. The van der Waals surface area contributed by atoms with Gasteiger partial charge in [-0.15, -0.1) is 11.8 Å². The molecule has 1 aromatic rings. The van der Waals surface area contributed by atoms with Crippen molar-refractivity contribution in [2.24, 2.45) is 4.99 Å². The monoisotopic (exact) mass is 237 g/mol. The quantitative estimate of drug-likeness (QED) is 0.810. The zero-order valence-corrected chi connectivity index (χ0v) is 10.5. The molecule has 0 saturated heterocycles. The van der Waals surface area contributed by atoms with Gasteiger partial charge >= 0.3 is 0 Å². The molecule has 3 nitrogen and oxygen atoms in total. The van der Waals surface area contributed by atoms with Crippen LogP contribution in [0.15, 0.2) is 23.2 Å². The van der Waals surface area contributed by atoms with Crippen molar-refractivity contribution in [2.45, 2.75) is 13.0 Å². The van der Waals surface area contributed by atoms with Gasteiger partial charge in [-0.1, -0.05) is 6.07 Å². The molecule has 86 valence electrons. The van der Waals surface area contributed by atoms with Crippen LogP contribution < -0.4 is 9.47 Å². The fraction of sp³-hybridized carbons (Fsp3) is 0.417. The Hall–Kier alpha value is -1.16. The topological polar surface area (TPSA) is 30.8 Å². The first kappa shape index (κ1) is 11.3. The summed E-state index contributed by atoms with van der Waals surface area (Å²) < 4.78 is 10.5. The third-order valence-electron chi connectivity index (χ3n) is 2.58. The highest BCUT2D eigenvalue weighted by atomic mass is 32.2. The Bertz CT molecular complexity index is 417. The van der Waals surface area contributed by atoms with Crippen LogP contribution in [0.3, 0.4) is 0 Å².